The number of amides is 1. The maximum atomic E-state index is 12.0. The summed E-state index contributed by atoms with van der Waals surface area (Å²) in [6, 6.07) is 7.87. The Kier molecular flexibility index (Phi) is 3.75. The molecule has 1 aromatic carbocycles. The second kappa shape index (κ2) is 5.48. The maximum absolute atomic E-state index is 12.0. The van der Waals surface area contributed by atoms with Crippen LogP contribution in [0.1, 0.15) is 34.6 Å². The topological polar surface area (TPSA) is 80.9 Å². The number of benzene rings is 1. The molecule has 1 unspecified atom stereocenters. The van der Waals surface area contributed by atoms with Crippen LogP contribution in [0.2, 0.25) is 0 Å². The van der Waals surface area contributed by atoms with Crippen LogP contribution in [-0.4, -0.2) is 15.9 Å². The number of aromatic nitrogens is 2. The lowest BCUT2D eigenvalue weighted by molar-refractivity contribution is 0.0935. The minimum Gasteiger partial charge on any atom is -0.382 e. The number of nitrogen functional groups attached to an aromatic ring is 1. The van der Waals surface area contributed by atoms with E-state index < -0.39 is 0 Å². The zero-order chi connectivity index (χ0) is 13.8. The standard InChI is InChI=1S/C14H16N4O/c1-9-3-5-11(6-4-9)10(2)18-14(19)12-13(15)17-8-7-16-12/h3-8,10H,1-2H3,(H2,15,17)(H,18,19). The zero-order valence-electron chi connectivity index (χ0n) is 10.9. The van der Waals surface area contributed by atoms with Gasteiger partial charge in [-0.15, -0.1) is 0 Å². The maximum Gasteiger partial charge on any atom is 0.274 e. The molecule has 0 radical (unpaired) electrons. The monoisotopic (exact) mass is 256 g/mol. The molecular formula is C14H16N4O. The predicted molar refractivity (Wildman–Crippen MR) is 73.5 cm³/mol. The van der Waals surface area contributed by atoms with Crippen LogP contribution in [-0.2, 0) is 0 Å². The molecule has 0 fully saturated rings. The van der Waals surface area contributed by atoms with Gasteiger partial charge in [-0.2, -0.15) is 0 Å². The summed E-state index contributed by atoms with van der Waals surface area (Å²) in [5.41, 5.74) is 7.99. The first-order valence-electron chi connectivity index (χ1n) is 6.02. The van der Waals surface area contributed by atoms with E-state index in [1.165, 1.54) is 18.0 Å². The summed E-state index contributed by atoms with van der Waals surface area (Å²) >= 11 is 0. The van der Waals surface area contributed by atoms with E-state index in [-0.39, 0.29) is 23.5 Å². The molecule has 5 heteroatoms. The van der Waals surface area contributed by atoms with Crippen LogP contribution in [0.3, 0.4) is 0 Å². The van der Waals surface area contributed by atoms with Gasteiger partial charge in [0.05, 0.1) is 6.04 Å². The van der Waals surface area contributed by atoms with E-state index in [1.54, 1.807) is 0 Å². The third-order valence-electron chi connectivity index (χ3n) is 2.87. The Hall–Kier alpha value is -2.43. The van der Waals surface area contributed by atoms with E-state index in [0.29, 0.717) is 0 Å². The highest BCUT2D eigenvalue weighted by atomic mass is 16.2. The quantitative estimate of drug-likeness (QED) is 0.878. The Morgan fingerprint density at radius 1 is 1.21 bits per heavy atom. The molecule has 0 aliphatic carbocycles. The molecule has 0 aliphatic rings. The summed E-state index contributed by atoms with van der Waals surface area (Å²) < 4.78 is 0. The summed E-state index contributed by atoms with van der Waals surface area (Å²) in [6.07, 6.45) is 2.90. The zero-order valence-corrected chi connectivity index (χ0v) is 10.9. The van der Waals surface area contributed by atoms with Crippen molar-refractivity contribution in [3.63, 3.8) is 0 Å². The van der Waals surface area contributed by atoms with Crippen molar-refractivity contribution in [1.29, 1.82) is 0 Å². The smallest absolute Gasteiger partial charge is 0.274 e. The minimum atomic E-state index is -0.321. The fourth-order valence-electron chi connectivity index (χ4n) is 1.73. The number of hydrogen-bond acceptors (Lipinski definition) is 4. The highest BCUT2D eigenvalue weighted by Gasteiger charge is 2.15. The van der Waals surface area contributed by atoms with Gasteiger partial charge >= 0.3 is 0 Å². The molecule has 2 rings (SSSR count). The molecule has 3 N–H and O–H groups in total. The van der Waals surface area contributed by atoms with Crippen molar-refractivity contribution in [2.24, 2.45) is 0 Å². The van der Waals surface area contributed by atoms with Gasteiger partial charge in [0.2, 0.25) is 0 Å². The summed E-state index contributed by atoms with van der Waals surface area (Å²) in [7, 11) is 0. The summed E-state index contributed by atoms with van der Waals surface area (Å²) in [5, 5.41) is 2.85. The lowest BCUT2D eigenvalue weighted by Crippen LogP contribution is -2.28. The van der Waals surface area contributed by atoms with Crippen molar-refractivity contribution in [1.82, 2.24) is 15.3 Å². The van der Waals surface area contributed by atoms with Crippen molar-refractivity contribution >= 4 is 11.7 Å². The molecule has 1 amide bonds. The first-order chi connectivity index (χ1) is 9.08. The van der Waals surface area contributed by atoms with Crippen LogP contribution in [0.5, 0.6) is 0 Å². The Balaban J connectivity index is 2.11. The number of nitrogens with one attached hydrogen (secondary N) is 1. The number of carbonyl (C=O) groups excluding carboxylic acids is 1. The van der Waals surface area contributed by atoms with Gasteiger partial charge in [-0.1, -0.05) is 29.8 Å². The molecule has 0 aliphatic heterocycles. The van der Waals surface area contributed by atoms with Crippen LogP contribution in [0.15, 0.2) is 36.7 Å². The molecule has 1 atom stereocenters. The first-order valence-corrected chi connectivity index (χ1v) is 6.02. The van der Waals surface area contributed by atoms with Gasteiger partial charge in [-0.05, 0) is 19.4 Å². The normalized spacial score (nSPS) is 11.9. The lowest BCUT2D eigenvalue weighted by Gasteiger charge is -2.14. The Morgan fingerprint density at radius 2 is 1.84 bits per heavy atom. The van der Waals surface area contributed by atoms with E-state index >= 15 is 0 Å². The predicted octanol–water partition coefficient (Wildman–Crippen LogP) is 1.86. The van der Waals surface area contributed by atoms with Crippen molar-refractivity contribution in [3.05, 3.63) is 53.5 Å². The van der Waals surface area contributed by atoms with Crippen LogP contribution in [0, 0.1) is 6.92 Å². The van der Waals surface area contributed by atoms with Crippen molar-refractivity contribution in [2.75, 3.05) is 5.73 Å². The first kappa shape index (κ1) is 13.0. The largest absolute Gasteiger partial charge is 0.382 e. The number of aryl methyl sites for hydroxylation is 1. The molecule has 1 heterocycles. The van der Waals surface area contributed by atoms with E-state index in [2.05, 4.69) is 15.3 Å². The van der Waals surface area contributed by atoms with E-state index in [9.17, 15) is 4.79 Å². The van der Waals surface area contributed by atoms with Gasteiger partial charge in [0.15, 0.2) is 11.5 Å². The number of hydrogen-bond donors (Lipinski definition) is 2. The minimum absolute atomic E-state index is 0.116. The summed E-state index contributed by atoms with van der Waals surface area (Å²) in [6.45, 7) is 3.93. The van der Waals surface area contributed by atoms with Gasteiger partial charge in [0.25, 0.3) is 5.91 Å². The molecule has 0 saturated carbocycles. The summed E-state index contributed by atoms with van der Waals surface area (Å²) in [4.78, 5) is 19.8. The van der Waals surface area contributed by atoms with E-state index in [4.69, 9.17) is 5.73 Å². The third-order valence-corrected chi connectivity index (χ3v) is 2.87. The van der Waals surface area contributed by atoms with Crippen molar-refractivity contribution in [3.8, 4) is 0 Å². The van der Waals surface area contributed by atoms with Gasteiger partial charge in [-0.3, -0.25) is 4.79 Å². The average Bonchev–Trinajstić information content (AvgIpc) is 2.39. The van der Waals surface area contributed by atoms with Crippen LogP contribution in [0.4, 0.5) is 5.82 Å². The van der Waals surface area contributed by atoms with E-state index in [1.807, 2.05) is 38.1 Å². The number of anilines is 1. The third kappa shape index (κ3) is 3.07. The fraction of sp³-hybridized carbons (Fsp3) is 0.214. The van der Waals surface area contributed by atoms with Gasteiger partial charge in [0.1, 0.15) is 0 Å². The highest BCUT2D eigenvalue weighted by molar-refractivity contribution is 5.96. The Labute approximate surface area is 111 Å². The molecule has 0 spiro atoms. The number of nitrogens with two attached hydrogens (primary N) is 1. The number of carbonyl (C=O) groups is 1. The lowest BCUT2D eigenvalue weighted by atomic mass is 10.1. The Morgan fingerprint density at radius 3 is 2.47 bits per heavy atom. The molecule has 1 aromatic heterocycles. The van der Waals surface area contributed by atoms with Crippen molar-refractivity contribution in [2.45, 2.75) is 19.9 Å². The number of rotatable bonds is 3. The molecule has 98 valence electrons. The molecule has 0 saturated heterocycles. The van der Waals surface area contributed by atoms with Gasteiger partial charge in [-0.25, -0.2) is 9.97 Å². The second-order valence-electron chi connectivity index (χ2n) is 4.40. The molecule has 0 bridgehead atoms. The van der Waals surface area contributed by atoms with Crippen LogP contribution in [0.25, 0.3) is 0 Å². The molecular weight excluding hydrogens is 240 g/mol. The molecule has 19 heavy (non-hydrogen) atoms. The van der Waals surface area contributed by atoms with Crippen LogP contribution >= 0.6 is 0 Å². The fourth-order valence-corrected chi connectivity index (χ4v) is 1.73. The molecule has 5 nitrogen and oxygen atoms in total. The number of nitrogens with zero attached hydrogens (tertiary/aromatic N) is 2. The van der Waals surface area contributed by atoms with Crippen LogP contribution < -0.4 is 11.1 Å². The highest BCUT2D eigenvalue weighted by Crippen LogP contribution is 2.14. The second-order valence-corrected chi connectivity index (χ2v) is 4.40. The summed E-state index contributed by atoms with van der Waals surface area (Å²) in [5.74, 6) is -0.185. The Bertz CT molecular complexity index is 580. The van der Waals surface area contributed by atoms with Gasteiger partial charge in [0, 0.05) is 12.4 Å². The van der Waals surface area contributed by atoms with Crippen molar-refractivity contribution < 1.29 is 4.79 Å². The van der Waals surface area contributed by atoms with Gasteiger partial charge < -0.3 is 11.1 Å². The average molecular weight is 256 g/mol. The van der Waals surface area contributed by atoms with E-state index in [0.717, 1.165) is 5.56 Å². The SMILES string of the molecule is Cc1ccc(C(C)NC(=O)c2nccnc2N)cc1. The molecule has 2 aromatic rings.